The molecular formula is C12H17ClFN. The maximum Gasteiger partial charge on any atom is 0.142 e. The van der Waals surface area contributed by atoms with E-state index in [1.54, 1.807) is 6.07 Å². The minimum Gasteiger partial charge on any atom is -0.310 e. The second-order valence-corrected chi connectivity index (χ2v) is 4.57. The molecule has 1 aromatic rings. The first-order valence-corrected chi connectivity index (χ1v) is 5.56. The Morgan fingerprint density at radius 3 is 2.53 bits per heavy atom. The molecule has 0 saturated heterocycles. The molecule has 1 N–H and O–H groups in total. The normalized spacial score (nSPS) is 13.2. The van der Waals surface area contributed by atoms with Gasteiger partial charge < -0.3 is 5.32 Å². The van der Waals surface area contributed by atoms with Gasteiger partial charge in [0.1, 0.15) is 5.82 Å². The minimum atomic E-state index is -0.354. The van der Waals surface area contributed by atoms with Gasteiger partial charge in [0.2, 0.25) is 0 Å². The molecule has 0 radical (unpaired) electrons. The number of nitrogens with one attached hydrogen (secondary N) is 1. The number of rotatable bonds is 4. The Labute approximate surface area is 95.6 Å². The van der Waals surface area contributed by atoms with Crippen LogP contribution in [0.15, 0.2) is 18.2 Å². The van der Waals surface area contributed by atoms with Crippen LogP contribution >= 0.6 is 11.6 Å². The molecule has 0 aromatic heterocycles. The van der Waals surface area contributed by atoms with Crippen LogP contribution in [0.1, 0.15) is 26.3 Å². The highest BCUT2D eigenvalue weighted by molar-refractivity contribution is 6.30. The summed E-state index contributed by atoms with van der Waals surface area (Å²) in [5, 5.41) is 3.51. The summed E-state index contributed by atoms with van der Waals surface area (Å²) in [6.07, 6.45) is 0. The van der Waals surface area contributed by atoms with Gasteiger partial charge in [-0.15, -0.1) is 0 Å². The Kier molecular flexibility index (Phi) is 4.55. The molecular weight excluding hydrogens is 213 g/mol. The molecule has 1 aromatic carbocycles. The van der Waals surface area contributed by atoms with Crippen molar-refractivity contribution in [1.82, 2.24) is 5.32 Å². The van der Waals surface area contributed by atoms with Gasteiger partial charge in [0.05, 0.1) is 5.02 Å². The predicted octanol–water partition coefficient (Wildman–Crippen LogP) is 3.61. The zero-order valence-electron chi connectivity index (χ0n) is 9.35. The second-order valence-electron chi connectivity index (χ2n) is 4.16. The molecule has 0 fully saturated rings. The molecule has 0 spiro atoms. The Balaban J connectivity index is 2.55. The summed E-state index contributed by atoms with van der Waals surface area (Å²) in [4.78, 5) is 0. The summed E-state index contributed by atoms with van der Waals surface area (Å²) in [6, 6.07) is 5.32. The van der Waals surface area contributed by atoms with Gasteiger partial charge in [0.15, 0.2) is 0 Å². The van der Waals surface area contributed by atoms with E-state index in [-0.39, 0.29) is 10.8 Å². The maximum atomic E-state index is 13.1. The van der Waals surface area contributed by atoms with Gasteiger partial charge >= 0.3 is 0 Å². The van der Waals surface area contributed by atoms with Crippen molar-refractivity contribution in [2.45, 2.75) is 33.4 Å². The van der Waals surface area contributed by atoms with E-state index in [4.69, 9.17) is 11.6 Å². The van der Waals surface area contributed by atoms with Gasteiger partial charge in [-0.05, 0) is 30.5 Å². The van der Waals surface area contributed by atoms with Crippen LogP contribution in [-0.2, 0) is 6.54 Å². The number of hydrogen-bond donors (Lipinski definition) is 1. The zero-order chi connectivity index (χ0) is 11.4. The number of hydrogen-bond acceptors (Lipinski definition) is 1. The fraction of sp³-hybridized carbons (Fsp3) is 0.500. The fourth-order valence-electron chi connectivity index (χ4n) is 1.16. The average molecular weight is 230 g/mol. The van der Waals surface area contributed by atoms with E-state index in [9.17, 15) is 4.39 Å². The smallest absolute Gasteiger partial charge is 0.142 e. The Morgan fingerprint density at radius 1 is 1.33 bits per heavy atom. The third-order valence-corrected chi connectivity index (χ3v) is 2.92. The van der Waals surface area contributed by atoms with Gasteiger partial charge in [-0.3, -0.25) is 0 Å². The molecule has 0 heterocycles. The van der Waals surface area contributed by atoms with E-state index in [0.717, 1.165) is 5.56 Å². The molecule has 84 valence electrons. The van der Waals surface area contributed by atoms with E-state index in [1.165, 1.54) is 6.07 Å². The second kappa shape index (κ2) is 5.47. The van der Waals surface area contributed by atoms with Crippen molar-refractivity contribution < 1.29 is 4.39 Å². The minimum absolute atomic E-state index is 0.177. The highest BCUT2D eigenvalue weighted by Crippen LogP contribution is 2.15. The summed E-state index contributed by atoms with van der Waals surface area (Å²) in [6.45, 7) is 7.10. The molecule has 1 nitrogen and oxygen atoms in total. The van der Waals surface area contributed by atoms with E-state index in [0.29, 0.717) is 18.5 Å². The monoisotopic (exact) mass is 229 g/mol. The Hall–Kier alpha value is -0.600. The maximum absolute atomic E-state index is 13.1. The molecule has 0 aliphatic rings. The first kappa shape index (κ1) is 12.5. The molecule has 1 atom stereocenters. The fourth-order valence-corrected chi connectivity index (χ4v) is 1.28. The van der Waals surface area contributed by atoms with E-state index in [1.807, 2.05) is 6.07 Å². The molecule has 0 aliphatic carbocycles. The van der Waals surface area contributed by atoms with Crippen LogP contribution in [0.3, 0.4) is 0 Å². The van der Waals surface area contributed by atoms with Crippen molar-refractivity contribution in [3.05, 3.63) is 34.6 Å². The number of halogens is 2. The van der Waals surface area contributed by atoms with Crippen molar-refractivity contribution in [2.24, 2.45) is 5.92 Å². The summed E-state index contributed by atoms with van der Waals surface area (Å²) in [5.41, 5.74) is 0.921. The highest BCUT2D eigenvalue weighted by Gasteiger charge is 2.06. The molecule has 0 amide bonds. The Morgan fingerprint density at radius 2 is 2.00 bits per heavy atom. The lowest BCUT2D eigenvalue weighted by molar-refractivity contribution is 0.425. The van der Waals surface area contributed by atoms with E-state index >= 15 is 0 Å². The van der Waals surface area contributed by atoms with Gasteiger partial charge in [-0.2, -0.15) is 0 Å². The highest BCUT2D eigenvalue weighted by atomic mass is 35.5. The zero-order valence-corrected chi connectivity index (χ0v) is 10.1. The summed E-state index contributed by atoms with van der Waals surface area (Å²) in [7, 11) is 0. The van der Waals surface area contributed by atoms with Crippen molar-refractivity contribution in [3.63, 3.8) is 0 Å². The third-order valence-electron chi connectivity index (χ3n) is 2.61. The van der Waals surface area contributed by atoms with Crippen molar-refractivity contribution >= 4 is 11.6 Å². The summed E-state index contributed by atoms with van der Waals surface area (Å²) in [5.74, 6) is 0.218. The molecule has 0 aliphatic heterocycles. The van der Waals surface area contributed by atoms with Crippen molar-refractivity contribution in [2.75, 3.05) is 0 Å². The molecule has 1 rings (SSSR count). The van der Waals surface area contributed by atoms with Crippen LogP contribution in [0, 0.1) is 11.7 Å². The van der Waals surface area contributed by atoms with E-state index in [2.05, 4.69) is 26.1 Å². The molecule has 3 heteroatoms. The molecule has 0 bridgehead atoms. The molecule has 1 unspecified atom stereocenters. The topological polar surface area (TPSA) is 12.0 Å². The lowest BCUT2D eigenvalue weighted by atomic mass is 10.1. The lowest BCUT2D eigenvalue weighted by Gasteiger charge is -2.17. The third kappa shape index (κ3) is 3.80. The lowest BCUT2D eigenvalue weighted by Crippen LogP contribution is -2.30. The number of benzene rings is 1. The first-order chi connectivity index (χ1) is 7.00. The molecule has 15 heavy (non-hydrogen) atoms. The summed E-state index contributed by atoms with van der Waals surface area (Å²) < 4.78 is 13.1. The summed E-state index contributed by atoms with van der Waals surface area (Å²) >= 11 is 5.60. The quantitative estimate of drug-likeness (QED) is 0.832. The SMILES string of the molecule is CC(C)C(C)NCc1ccc(Cl)c(F)c1. The van der Waals surface area contributed by atoms with Crippen molar-refractivity contribution in [3.8, 4) is 0 Å². The standard InChI is InChI=1S/C12H17ClFN/c1-8(2)9(3)15-7-10-4-5-11(13)12(14)6-10/h4-6,8-9,15H,7H2,1-3H3. The van der Waals surface area contributed by atoms with Crippen LogP contribution in [0.25, 0.3) is 0 Å². The van der Waals surface area contributed by atoms with Crippen LogP contribution < -0.4 is 5.32 Å². The van der Waals surface area contributed by atoms with Crippen LogP contribution in [0.5, 0.6) is 0 Å². The Bertz CT molecular complexity index is 325. The van der Waals surface area contributed by atoms with Gasteiger partial charge in [0.25, 0.3) is 0 Å². The predicted molar refractivity (Wildman–Crippen MR) is 62.5 cm³/mol. The van der Waals surface area contributed by atoms with Gasteiger partial charge in [-0.25, -0.2) is 4.39 Å². The van der Waals surface area contributed by atoms with Gasteiger partial charge in [0, 0.05) is 12.6 Å². The molecule has 0 saturated carbocycles. The van der Waals surface area contributed by atoms with Gasteiger partial charge in [-0.1, -0.05) is 31.5 Å². The van der Waals surface area contributed by atoms with E-state index < -0.39 is 0 Å². The van der Waals surface area contributed by atoms with Crippen LogP contribution in [0.2, 0.25) is 5.02 Å². The van der Waals surface area contributed by atoms with Crippen LogP contribution in [-0.4, -0.2) is 6.04 Å². The average Bonchev–Trinajstić information content (AvgIpc) is 2.19. The van der Waals surface area contributed by atoms with Crippen molar-refractivity contribution in [1.29, 1.82) is 0 Å². The largest absolute Gasteiger partial charge is 0.310 e. The first-order valence-electron chi connectivity index (χ1n) is 5.18. The van der Waals surface area contributed by atoms with Crippen LogP contribution in [0.4, 0.5) is 4.39 Å².